The summed E-state index contributed by atoms with van der Waals surface area (Å²) in [5, 5.41) is 5.52. The molecule has 0 aliphatic rings. The lowest BCUT2D eigenvalue weighted by atomic mass is 10.1. The molecule has 0 unspecified atom stereocenters. The van der Waals surface area contributed by atoms with Gasteiger partial charge in [0.1, 0.15) is 5.75 Å². The smallest absolute Gasteiger partial charge is 0.261 e. The maximum atomic E-state index is 12.1. The second-order valence-corrected chi connectivity index (χ2v) is 4.93. The Balaban J connectivity index is 2.35. The first kappa shape index (κ1) is 12.9. The fraction of sp³-hybridized carbons (Fsp3) is 0.167. The number of amides is 1. The van der Waals surface area contributed by atoms with Crippen LogP contribution in [-0.4, -0.2) is 18.0 Å². The molecule has 0 radical (unpaired) electrons. The third kappa shape index (κ3) is 2.63. The van der Waals surface area contributed by atoms with Crippen molar-refractivity contribution in [2.24, 2.45) is 0 Å². The number of carbonyl (C=O) groups excluding carboxylic acids is 1. The number of halogens is 1. The molecule has 2 rings (SSSR count). The molecule has 1 aromatic heterocycles. The Kier molecular flexibility index (Phi) is 3.84. The number of benzene rings is 1. The fourth-order valence-electron chi connectivity index (χ4n) is 1.62. The number of rotatable bonds is 3. The molecule has 0 atom stereocenters. The van der Waals surface area contributed by atoms with Crippen LogP contribution in [0.2, 0.25) is 5.02 Å². The van der Waals surface area contributed by atoms with Gasteiger partial charge in [-0.3, -0.25) is 10.1 Å². The molecule has 0 bridgehead atoms. The van der Waals surface area contributed by atoms with Crippen LogP contribution in [-0.2, 0) is 0 Å². The molecule has 4 nitrogen and oxygen atoms in total. The average Bonchev–Trinajstić information content (AvgIpc) is 2.80. The highest BCUT2D eigenvalue weighted by Gasteiger charge is 2.16. The topological polar surface area (TPSA) is 51.2 Å². The minimum atomic E-state index is -0.285. The summed E-state index contributed by atoms with van der Waals surface area (Å²) in [4.78, 5) is 16.1. The quantitative estimate of drug-likeness (QED) is 0.939. The summed E-state index contributed by atoms with van der Waals surface area (Å²) in [7, 11) is 1.52. The van der Waals surface area contributed by atoms with Gasteiger partial charge in [0.15, 0.2) is 5.13 Å². The van der Waals surface area contributed by atoms with Crippen molar-refractivity contribution in [1.29, 1.82) is 0 Å². The van der Waals surface area contributed by atoms with Crippen molar-refractivity contribution in [1.82, 2.24) is 4.98 Å². The van der Waals surface area contributed by atoms with Crippen molar-refractivity contribution in [2.45, 2.75) is 6.92 Å². The molecule has 0 spiro atoms. The van der Waals surface area contributed by atoms with Crippen molar-refractivity contribution in [2.75, 3.05) is 12.4 Å². The minimum Gasteiger partial charge on any atom is -0.496 e. The third-order valence-electron chi connectivity index (χ3n) is 2.34. The predicted octanol–water partition coefficient (Wildman–Crippen LogP) is 3.37. The van der Waals surface area contributed by atoms with Gasteiger partial charge in [-0.25, -0.2) is 4.98 Å². The molecule has 2 aromatic rings. The van der Waals surface area contributed by atoms with Crippen molar-refractivity contribution in [3.05, 3.63) is 39.9 Å². The van der Waals surface area contributed by atoms with Gasteiger partial charge in [0.25, 0.3) is 5.91 Å². The van der Waals surface area contributed by atoms with Gasteiger partial charge in [0.2, 0.25) is 0 Å². The minimum absolute atomic E-state index is 0.285. The number of ether oxygens (including phenoxy) is 1. The Hall–Kier alpha value is -1.59. The van der Waals surface area contributed by atoms with Gasteiger partial charge in [-0.2, -0.15) is 0 Å². The Morgan fingerprint density at radius 1 is 1.50 bits per heavy atom. The van der Waals surface area contributed by atoms with Gasteiger partial charge in [-0.1, -0.05) is 11.6 Å². The highest BCUT2D eigenvalue weighted by Crippen LogP contribution is 2.28. The number of nitrogens with one attached hydrogen (secondary N) is 1. The van der Waals surface area contributed by atoms with E-state index < -0.39 is 0 Å². The molecular weight excluding hydrogens is 272 g/mol. The van der Waals surface area contributed by atoms with Crippen LogP contribution in [0.25, 0.3) is 0 Å². The van der Waals surface area contributed by atoms with Crippen LogP contribution in [0.1, 0.15) is 15.9 Å². The zero-order valence-corrected chi connectivity index (χ0v) is 11.4. The summed E-state index contributed by atoms with van der Waals surface area (Å²) in [5.74, 6) is 0.237. The normalized spacial score (nSPS) is 10.2. The summed E-state index contributed by atoms with van der Waals surface area (Å²) in [6.07, 6.45) is 1.63. The summed E-state index contributed by atoms with van der Waals surface area (Å²) in [5.41, 5.74) is 1.21. The lowest BCUT2D eigenvalue weighted by Gasteiger charge is -2.11. The van der Waals surface area contributed by atoms with Gasteiger partial charge in [0.05, 0.1) is 12.7 Å². The molecule has 6 heteroatoms. The first-order valence-electron chi connectivity index (χ1n) is 5.17. The van der Waals surface area contributed by atoms with E-state index in [1.807, 2.05) is 6.92 Å². The number of hydrogen-bond acceptors (Lipinski definition) is 4. The molecule has 1 amide bonds. The number of nitrogens with zero attached hydrogens (tertiary/aromatic N) is 1. The fourth-order valence-corrected chi connectivity index (χ4v) is 2.42. The van der Waals surface area contributed by atoms with Crippen LogP contribution in [0.4, 0.5) is 5.13 Å². The maximum Gasteiger partial charge on any atom is 0.261 e. The van der Waals surface area contributed by atoms with Gasteiger partial charge in [0, 0.05) is 16.6 Å². The Morgan fingerprint density at radius 3 is 2.89 bits per heavy atom. The molecule has 94 valence electrons. The summed E-state index contributed by atoms with van der Waals surface area (Å²) in [6.45, 7) is 1.84. The molecule has 0 aliphatic carbocycles. The Morgan fingerprint density at radius 2 is 2.28 bits per heavy atom. The second-order valence-electron chi connectivity index (χ2n) is 3.59. The third-order valence-corrected chi connectivity index (χ3v) is 3.25. The van der Waals surface area contributed by atoms with Gasteiger partial charge < -0.3 is 4.74 Å². The van der Waals surface area contributed by atoms with E-state index in [0.717, 1.165) is 5.56 Å². The first-order valence-corrected chi connectivity index (χ1v) is 6.42. The molecule has 0 saturated heterocycles. The number of thiazole rings is 1. The zero-order chi connectivity index (χ0) is 13.1. The predicted molar refractivity (Wildman–Crippen MR) is 72.8 cm³/mol. The van der Waals surface area contributed by atoms with E-state index in [1.54, 1.807) is 23.7 Å². The summed E-state index contributed by atoms with van der Waals surface area (Å²) < 4.78 is 5.23. The monoisotopic (exact) mass is 282 g/mol. The van der Waals surface area contributed by atoms with E-state index in [0.29, 0.717) is 21.5 Å². The van der Waals surface area contributed by atoms with E-state index in [4.69, 9.17) is 16.3 Å². The van der Waals surface area contributed by atoms with Crippen molar-refractivity contribution in [3.63, 3.8) is 0 Å². The van der Waals surface area contributed by atoms with Gasteiger partial charge >= 0.3 is 0 Å². The van der Waals surface area contributed by atoms with Crippen molar-refractivity contribution in [3.8, 4) is 5.75 Å². The van der Waals surface area contributed by atoms with Gasteiger partial charge in [-0.15, -0.1) is 11.3 Å². The van der Waals surface area contributed by atoms with Crippen molar-refractivity contribution < 1.29 is 9.53 Å². The number of aryl methyl sites for hydroxylation is 1. The highest BCUT2D eigenvalue weighted by molar-refractivity contribution is 7.13. The number of hydrogen-bond donors (Lipinski definition) is 1. The summed E-state index contributed by atoms with van der Waals surface area (Å²) >= 11 is 7.31. The number of anilines is 1. The highest BCUT2D eigenvalue weighted by atomic mass is 35.5. The van der Waals surface area contributed by atoms with E-state index in [-0.39, 0.29) is 5.91 Å². The van der Waals surface area contributed by atoms with Crippen LogP contribution in [0.15, 0.2) is 23.7 Å². The zero-order valence-electron chi connectivity index (χ0n) is 9.86. The van der Waals surface area contributed by atoms with Crippen molar-refractivity contribution >= 4 is 34.0 Å². The molecule has 0 saturated carbocycles. The lowest BCUT2D eigenvalue weighted by molar-refractivity contribution is 0.102. The molecule has 18 heavy (non-hydrogen) atoms. The SMILES string of the molecule is COc1c(C)cc(Cl)cc1C(=O)Nc1nccs1. The number of methoxy groups -OCH3 is 1. The molecule has 1 N–H and O–H groups in total. The molecule has 0 fully saturated rings. The number of aromatic nitrogens is 1. The molecule has 0 aliphatic heterocycles. The lowest BCUT2D eigenvalue weighted by Crippen LogP contribution is -2.13. The van der Waals surface area contributed by atoms with E-state index in [1.165, 1.54) is 18.4 Å². The Bertz CT molecular complexity index is 570. The second kappa shape index (κ2) is 5.37. The molecule has 1 aromatic carbocycles. The first-order chi connectivity index (χ1) is 8.61. The summed E-state index contributed by atoms with van der Waals surface area (Å²) in [6, 6.07) is 3.33. The Labute approximate surface area is 114 Å². The van der Waals surface area contributed by atoms with Crippen LogP contribution in [0.3, 0.4) is 0 Å². The van der Waals surface area contributed by atoms with E-state index >= 15 is 0 Å². The standard InChI is InChI=1S/C12H11ClN2O2S/c1-7-5-8(13)6-9(10(7)17-2)11(16)15-12-14-3-4-18-12/h3-6H,1-2H3,(H,14,15,16). The van der Waals surface area contributed by atoms with Crippen LogP contribution in [0.5, 0.6) is 5.75 Å². The van der Waals surface area contributed by atoms with Gasteiger partial charge in [-0.05, 0) is 24.6 Å². The average molecular weight is 283 g/mol. The van der Waals surface area contributed by atoms with E-state index in [9.17, 15) is 4.79 Å². The van der Waals surface area contributed by atoms with Crippen LogP contribution in [0, 0.1) is 6.92 Å². The molecular formula is C12H11ClN2O2S. The largest absolute Gasteiger partial charge is 0.496 e. The van der Waals surface area contributed by atoms with E-state index in [2.05, 4.69) is 10.3 Å². The maximum absolute atomic E-state index is 12.1. The number of carbonyl (C=O) groups is 1. The molecule has 1 heterocycles. The van der Waals surface area contributed by atoms with Crippen LogP contribution < -0.4 is 10.1 Å². The van der Waals surface area contributed by atoms with Crippen LogP contribution >= 0.6 is 22.9 Å².